The van der Waals surface area contributed by atoms with E-state index < -0.39 is 22.5 Å². The normalized spacial score (nSPS) is 11.1. The molecule has 0 fully saturated rings. The van der Waals surface area contributed by atoms with Crippen molar-refractivity contribution in [3.63, 3.8) is 0 Å². The summed E-state index contributed by atoms with van der Waals surface area (Å²) in [7, 11) is -3.90. The van der Waals surface area contributed by atoms with Gasteiger partial charge in [0.1, 0.15) is 0 Å². The smallest absolute Gasteiger partial charge is 0.260 e. The first-order valence-corrected chi connectivity index (χ1v) is 5.65. The molecule has 6 N–H and O–H groups in total. The summed E-state index contributed by atoms with van der Waals surface area (Å²) in [4.78, 5) is 14.1. The number of rotatable bonds is 5. The zero-order valence-electron chi connectivity index (χ0n) is 8.17. The fraction of sp³-hybridized carbons (Fsp3) is 0.143. The minimum absolute atomic E-state index is 0.125. The fourth-order valence-corrected chi connectivity index (χ4v) is 2.03. The highest BCUT2D eigenvalue weighted by molar-refractivity contribution is 7.89. The van der Waals surface area contributed by atoms with Crippen LogP contribution in [-0.4, -0.2) is 25.9 Å². The van der Waals surface area contributed by atoms with Gasteiger partial charge in [0.25, 0.3) is 10.0 Å². The largest absolute Gasteiger partial charge is 0.369 e. The average Bonchev–Trinajstić information content (AvgIpc) is 2.26. The molecule has 0 saturated heterocycles. The van der Waals surface area contributed by atoms with Crippen molar-refractivity contribution in [2.45, 2.75) is 5.03 Å². The van der Waals surface area contributed by atoms with Crippen LogP contribution in [0.3, 0.4) is 0 Å². The van der Waals surface area contributed by atoms with Gasteiger partial charge in [-0.2, -0.15) is 0 Å². The maximum Gasteiger partial charge on any atom is 0.260 e. The maximum absolute atomic E-state index is 11.6. The van der Waals surface area contributed by atoms with E-state index in [1.54, 1.807) is 0 Å². The lowest BCUT2D eigenvalue weighted by Crippen LogP contribution is -2.34. The van der Waals surface area contributed by atoms with Crippen molar-refractivity contribution in [2.75, 3.05) is 12.0 Å². The summed E-state index contributed by atoms with van der Waals surface area (Å²) in [6.45, 7) is -0.497. The van der Waals surface area contributed by atoms with E-state index in [0.717, 1.165) is 0 Å². The molecule has 0 aromatic carbocycles. The van der Waals surface area contributed by atoms with E-state index in [9.17, 15) is 13.2 Å². The number of carbonyl (C=O) groups excluding carboxylic acids is 1. The lowest BCUT2D eigenvalue weighted by atomic mass is 10.4. The molecular formula is C7H11N5O3S. The van der Waals surface area contributed by atoms with Gasteiger partial charge >= 0.3 is 0 Å². The summed E-state index contributed by atoms with van der Waals surface area (Å²) < 4.78 is 25.3. The Morgan fingerprint density at radius 2 is 2.19 bits per heavy atom. The number of amides is 1. The van der Waals surface area contributed by atoms with Gasteiger partial charge in [0.2, 0.25) is 5.91 Å². The van der Waals surface area contributed by atoms with E-state index in [1.165, 1.54) is 18.3 Å². The van der Waals surface area contributed by atoms with Gasteiger partial charge in [-0.1, -0.05) is 0 Å². The molecule has 0 unspecified atom stereocenters. The highest BCUT2D eigenvalue weighted by atomic mass is 32.2. The van der Waals surface area contributed by atoms with Crippen LogP contribution in [0, 0.1) is 0 Å². The molecule has 0 aliphatic carbocycles. The van der Waals surface area contributed by atoms with Crippen LogP contribution in [0.4, 0.5) is 5.69 Å². The number of sulfonamides is 1. The van der Waals surface area contributed by atoms with E-state index >= 15 is 0 Å². The van der Waals surface area contributed by atoms with Gasteiger partial charge in [-0.15, -0.1) is 0 Å². The molecule has 0 radical (unpaired) electrons. The third kappa shape index (κ3) is 2.89. The monoisotopic (exact) mass is 245 g/mol. The Balaban J connectivity index is 3.02. The molecule has 1 rings (SSSR count). The SMILES string of the molecule is NNc1cccnc1S(=O)(=O)NCC(N)=O. The minimum atomic E-state index is -3.90. The number of nitrogens with zero attached hydrogens (tertiary/aromatic N) is 1. The predicted molar refractivity (Wildman–Crippen MR) is 56.4 cm³/mol. The summed E-state index contributed by atoms with van der Waals surface area (Å²) in [5.41, 5.74) is 7.14. The molecule has 1 aromatic heterocycles. The van der Waals surface area contributed by atoms with Gasteiger partial charge in [0.05, 0.1) is 12.2 Å². The number of anilines is 1. The highest BCUT2D eigenvalue weighted by Gasteiger charge is 2.19. The lowest BCUT2D eigenvalue weighted by molar-refractivity contribution is -0.116. The molecule has 0 aliphatic heterocycles. The Morgan fingerprint density at radius 3 is 2.75 bits per heavy atom. The number of primary amides is 1. The number of hydrogen-bond acceptors (Lipinski definition) is 6. The Labute approximate surface area is 92.1 Å². The molecule has 0 bridgehead atoms. The quantitative estimate of drug-likeness (QED) is 0.354. The van der Waals surface area contributed by atoms with Crippen molar-refractivity contribution in [1.82, 2.24) is 9.71 Å². The standard InChI is InChI=1S/C7H11N5O3S/c8-6(13)4-11-16(14,15)7-5(12-9)2-1-3-10-7/h1-3,11-12H,4,9H2,(H2,8,13). The molecule has 8 nitrogen and oxygen atoms in total. The van der Waals surface area contributed by atoms with Crippen LogP contribution < -0.4 is 21.7 Å². The number of aromatic nitrogens is 1. The average molecular weight is 245 g/mol. The molecule has 9 heteroatoms. The van der Waals surface area contributed by atoms with Crippen LogP contribution in [0.5, 0.6) is 0 Å². The Hall–Kier alpha value is -1.71. The second-order valence-corrected chi connectivity index (χ2v) is 4.47. The first-order valence-electron chi connectivity index (χ1n) is 4.17. The predicted octanol–water partition coefficient (Wildman–Crippen LogP) is -1.87. The molecule has 16 heavy (non-hydrogen) atoms. The van der Waals surface area contributed by atoms with Crippen LogP contribution >= 0.6 is 0 Å². The highest BCUT2D eigenvalue weighted by Crippen LogP contribution is 2.15. The molecule has 88 valence electrons. The Kier molecular flexibility index (Phi) is 3.77. The number of nitrogens with two attached hydrogens (primary N) is 2. The molecular weight excluding hydrogens is 234 g/mol. The molecule has 0 saturated carbocycles. The van der Waals surface area contributed by atoms with Gasteiger partial charge in [-0.3, -0.25) is 10.6 Å². The molecule has 1 heterocycles. The fourth-order valence-electron chi connectivity index (χ4n) is 0.949. The van der Waals surface area contributed by atoms with E-state index in [2.05, 4.69) is 10.4 Å². The molecule has 0 spiro atoms. The number of nitrogen functional groups attached to an aromatic ring is 1. The summed E-state index contributed by atoms with van der Waals surface area (Å²) in [6.07, 6.45) is 1.29. The zero-order chi connectivity index (χ0) is 12.2. The number of hydrogen-bond donors (Lipinski definition) is 4. The van der Waals surface area contributed by atoms with Crippen LogP contribution in [-0.2, 0) is 14.8 Å². The molecule has 0 aliphatic rings. The summed E-state index contributed by atoms with van der Waals surface area (Å²) in [5, 5.41) is -0.293. The molecule has 1 amide bonds. The van der Waals surface area contributed by atoms with Crippen molar-refractivity contribution in [2.24, 2.45) is 11.6 Å². The number of nitrogens with one attached hydrogen (secondary N) is 2. The van der Waals surface area contributed by atoms with Gasteiger partial charge in [0, 0.05) is 6.20 Å². The zero-order valence-corrected chi connectivity index (χ0v) is 8.99. The van der Waals surface area contributed by atoms with Crippen molar-refractivity contribution < 1.29 is 13.2 Å². The van der Waals surface area contributed by atoms with Crippen molar-refractivity contribution in [3.8, 4) is 0 Å². The first-order chi connectivity index (χ1) is 7.47. The van der Waals surface area contributed by atoms with Crippen LogP contribution in [0.15, 0.2) is 23.4 Å². The third-order valence-electron chi connectivity index (χ3n) is 1.62. The van der Waals surface area contributed by atoms with Gasteiger partial charge in [0.15, 0.2) is 5.03 Å². The van der Waals surface area contributed by atoms with E-state index in [0.29, 0.717) is 0 Å². The van der Waals surface area contributed by atoms with Crippen LogP contribution in [0.2, 0.25) is 0 Å². The van der Waals surface area contributed by atoms with Gasteiger partial charge in [-0.05, 0) is 12.1 Å². The Morgan fingerprint density at radius 1 is 1.50 bits per heavy atom. The maximum atomic E-state index is 11.6. The third-order valence-corrected chi connectivity index (χ3v) is 2.98. The second-order valence-electron chi connectivity index (χ2n) is 2.79. The van der Waals surface area contributed by atoms with Gasteiger partial charge in [-0.25, -0.2) is 18.1 Å². The van der Waals surface area contributed by atoms with Crippen molar-refractivity contribution in [3.05, 3.63) is 18.3 Å². The van der Waals surface area contributed by atoms with E-state index in [4.69, 9.17) is 11.6 Å². The first kappa shape index (κ1) is 12.4. The van der Waals surface area contributed by atoms with Crippen molar-refractivity contribution >= 4 is 21.6 Å². The Bertz CT molecular complexity index is 487. The lowest BCUT2D eigenvalue weighted by Gasteiger charge is -2.08. The van der Waals surface area contributed by atoms with Crippen LogP contribution in [0.25, 0.3) is 0 Å². The van der Waals surface area contributed by atoms with E-state index in [1.807, 2.05) is 4.72 Å². The topological polar surface area (TPSA) is 140 Å². The summed E-state index contributed by atoms with van der Waals surface area (Å²) in [6, 6.07) is 2.95. The number of hydrazine groups is 1. The second kappa shape index (κ2) is 4.88. The van der Waals surface area contributed by atoms with Crippen LogP contribution in [0.1, 0.15) is 0 Å². The summed E-state index contributed by atoms with van der Waals surface area (Å²) >= 11 is 0. The minimum Gasteiger partial charge on any atom is -0.369 e. The number of carbonyl (C=O) groups is 1. The molecule has 0 atom stereocenters. The van der Waals surface area contributed by atoms with Gasteiger partial charge < -0.3 is 11.2 Å². The number of pyridine rings is 1. The summed E-state index contributed by atoms with van der Waals surface area (Å²) in [5.74, 6) is 4.34. The van der Waals surface area contributed by atoms with E-state index in [-0.39, 0.29) is 10.7 Å². The van der Waals surface area contributed by atoms with Crippen molar-refractivity contribution in [1.29, 1.82) is 0 Å². The molecule has 1 aromatic rings.